The lowest BCUT2D eigenvalue weighted by Gasteiger charge is -2.07. The summed E-state index contributed by atoms with van der Waals surface area (Å²) in [6.07, 6.45) is 1.28. The molecule has 0 fully saturated rings. The van der Waals surface area contributed by atoms with E-state index in [0.717, 1.165) is 0 Å². The maximum atomic E-state index is 12.0. The number of carbonyl (C=O) groups is 2. The Labute approximate surface area is 152 Å². The number of non-ortho nitro benzene ring substituents is 1. The maximum Gasteiger partial charge on any atom is 0.271 e. The molecule has 0 saturated heterocycles. The van der Waals surface area contributed by atoms with E-state index in [9.17, 15) is 19.7 Å². The molecule has 3 N–H and O–H groups in total. The van der Waals surface area contributed by atoms with Gasteiger partial charge in [-0.2, -0.15) is 5.10 Å². The fourth-order valence-corrected chi connectivity index (χ4v) is 2.04. The lowest BCUT2D eigenvalue weighted by molar-refractivity contribution is -0.384. The van der Waals surface area contributed by atoms with Gasteiger partial charge in [0.25, 0.3) is 17.5 Å². The van der Waals surface area contributed by atoms with E-state index in [2.05, 4.69) is 10.5 Å². The number of primary amides is 1. The van der Waals surface area contributed by atoms with Crippen LogP contribution in [0.2, 0.25) is 5.02 Å². The maximum absolute atomic E-state index is 12.0. The highest BCUT2D eigenvalue weighted by molar-refractivity contribution is 6.30. The summed E-state index contributed by atoms with van der Waals surface area (Å²) in [5.74, 6) is -0.895. The average molecular weight is 377 g/mol. The van der Waals surface area contributed by atoms with Crippen molar-refractivity contribution in [1.29, 1.82) is 0 Å². The summed E-state index contributed by atoms with van der Waals surface area (Å²) >= 11 is 5.91. The number of amides is 2. The topological polar surface area (TPSA) is 137 Å². The van der Waals surface area contributed by atoms with E-state index in [1.807, 2.05) is 0 Å². The molecular formula is C16H13ClN4O5. The number of carbonyl (C=O) groups excluding carboxylic acids is 2. The van der Waals surface area contributed by atoms with Crippen LogP contribution >= 0.6 is 11.6 Å². The first kappa shape index (κ1) is 18.9. The summed E-state index contributed by atoms with van der Waals surface area (Å²) in [4.78, 5) is 32.8. The van der Waals surface area contributed by atoms with Crippen molar-refractivity contribution in [2.75, 3.05) is 6.61 Å². The number of rotatable bonds is 7. The Morgan fingerprint density at radius 3 is 2.58 bits per heavy atom. The summed E-state index contributed by atoms with van der Waals surface area (Å²) in [6.45, 7) is -0.322. The van der Waals surface area contributed by atoms with Crippen LogP contribution in [0.5, 0.6) is 5.75 Å². The second kappa shape index (κ2) is 8.58. The number of hydrogen-bond acceptors (Lipinski definition) is 6. The number of nitrogens with two attached hydrogens (primary N) is 1. The molecular weight excluding hydrogens is 364 g/mol. The van der Waals surface area contributed by atoms with E-state index >= 15 is 0 Å². The standard InChI is InChI=1S/C16H13ClN4O5/c17-12-3-6-14(26-9-15(18)22)11(7-12)8-19-20-16(23)10-1-4-13(5-2-10)21(24)25/h1-8H,9H2,(H2,18,22)(H,20,23)/b19-8+. The average Bonchev–Trinajstić information content (AvgIpc) is 2.60. The monoisotopic (exact) mass is 376 g/mol. The smallest absolute Gasteiger partial charge is 0.271 e. The van der Waals surface area contributed by atoms with Crippen molar-refractivity contribution in [1.82, 2.24) is 5.43 Å². The molecule has 0 atom stereocenters. The SMILES string of the molecule is NC(=O)COc1ccc(Cl)cc1/C=N/NC(=O)c1ccc([N+](=O)[O-])cc1. The van der Waals surface area contributed by atoms with Crippen molar-refractivity contribution < 1.29 is 19.2 Å². The van der Waals surface area contributed by atoms with Crippen molar-refractivity contribution in [3.63, 3.8) is 0 Å². The lowest BCUT2D eigenvalue weighted by Crippen LogP contribution is -2.20. The zero-order valence-corrected chi connectivity index (χ0v) is 14.0. The van der Waals surface area contributed by atoms with Crippen molar-refractivity contribution >= 4 is 35.3 Å². The van der Waals surface area contributed by atoms with Gasteiger partial charge in [0.05, 0.1) is 11.1 Å². The van der Waals surface area contributed by atoms with Crippen molar-refractivity contribution in [3.05, 3.63) is 68.7 Å². The van der Waals surface area contributed by atoms with Gasteiger partial charge in [0, 0.05) is 28.3 Å². The number of ether oxygens (including phenoxy) is 1. The van der Waals surface area contributed by atoms with Gasteiger partial charge in [-0.05, 0) is 30.3 Å². The second-order valence-electron chi connectivity index (χ2n) is 4.94. The molecule has 2 aromatic rings. The van der Waals surface area contributed by atoms with Crippen LogP contribution in [0.4, 0.5) is 5.69 Å². The van der Waals surface area contributed by atoms with Gasteiger partial charge in [-0.15, -0.1) is 0 Å². The summed E-state index contributed by atoms with van der Waals surface area (Å²) in [5.41, 5.74) is 7.80. The van der Waals surface area contributed by atoms with Crippen LogP contribution in [0.3, 0.4) is 0 Å². The Kier molecular flexibility index (Phi) is 6.23. The second-order valence-corrected chi connectivity index (χ2v) is 5.38. The Morgan fingerprint density at radius 2 is 1.96 bits per heavy atom. The molecule has 0 heterocycles. The Morgan fingerprint density at radius 1 is 1.27 bits per heavy atom. The van der Waals surface area contributed by atoms with Gasteiger partial charge in [-0.25, -0.2) is 5.43 Å². The van der Waals surface area contributed by atoms with Gasteiger partial charge in [-0.3, -0.25) is 19.7 Å². The summed E-state index contributed by atoms with van der Waals surface area (Å²) in [5, 5.41) is 14.8. The number of benzene rings is 2. The van der Waals surface area contributed by atoms with Crippen molar-refractivity contribution in [3.8, 4) is 5.75 Å². The van der Waals surface area contributed by atoms with Crippen molar-refractivity contribution in [2.24, 2.45) is 10.8 Å². The predicted molar refractivity (Wildman–Crippen MR) is 94.3 cm³/mol. The molecule has 0 aliphatic rings. The molecule has 0 aromatic heterocycles. The highest BCUT2D eigenvalue weighted by Crippen LogP contribution is 2.21. The van der Waals surface area contributed by atoms with Crippen LogP contribution in [-0.4, -0.2) is 29.6 Å². The third kappa shape index (κ3) is 5.28. The van der Waals surface area contributed by atoms with Gasteiger partial charge >= 0.3 is 0 Å². The van der Waals surface area contributed by atoms with Crippen LogP contribution in [0.15, 0.2) is 47.6 Å². The van der Waals surface area contributed by atoms with Gasteiger partial charge in [0.15, 0.2) is 6.61 Å². The molecule has 0 aliphatic heterocycles. The number of nitro groups is 1. The lowest BCUT2D eigenvalue weighted by atomic mass is 10.2. The van der Waals surface area contributed by atoms with Gasteiger partial charge < -0.3 is 10.5 Å². The quantitative estimate of drug-likeness (QED) is 0.431. The molecule has 0 saturated carbocycles. The largest absolute Gasteiger partial charge is 0.483 e. The first-order chi connectivity index (χ1) is 12.4. The van der Waals surface area contributed by atoms with Gasteiger partial charge in [0.1, 0.15) is 5.75 Å². The van der Waals surface area contributed by atoms with Gasteiger partial charge in [-0.1, -0.05) is 11.6 Å². The minimum atomic E-state index is -0.644. The summed E-state index contributed by atoms with van der Waals surface area (Å²) < 4.78 is 5.23. The van der Waals surface area contributed by atoms with E-state index < -0.39 is 16.7 Å². The molecule has 26 heavy (non-hydrogen) atoms. The van der Waals surface area contributed by atoms with Gasteiger partial charge in [0.2, 0.25) is 0 Å². The van der Waals surface area contributed by atoms with Crippen LogP contribution in [0.25, 0.3) is 0 Å². The number of nitrogens with zero attached hydrogens (tertiary/aromatic N) is 2. The third-order valence-electron chi connectivity index (χ3n) is 3.05. The fourth-order valence-electron chi connectivity index (χ4n) is 1.86. The Bertz CT molecular complexity index is 867. The van der Waals surface area contributed by atoms with Crippen LogP contribution in [0.1, 0.15) is 15.9 Å². The number of nitrogens with one attached hydrogen (secondary N) is 1. The summed E-state index contributed by atoms with van der Waals surface area (Å²) in [6, 6.07) is 9.67. The van der Waals surface area contributed by atoms with E-state index in [4.69, 9.17) is 22.1 Å². The number of halogens is 1. The predicted octanol–water partition coefficient (Wildman–Crippen LogP) is 1.88. The third-order valence-corrected chi connectivity index (χ3v) is 3.29. The molecule has 0 bridgehead atoms. The van der Waals surface area contributed by atoms with E-state index in [0.29, 0.717) is 16.3 Å². The molecule has 134 valence electrons. The number of nitro benzene ring substituents is 1. The van der Waals surface area contributed by atoms with E-state index in [-0.39, 0.29) is 17.9 Å². The molecule has 0 unspecified atom stereocenters. The first-order valence-corrected chi connectivity index (χ1v) is 7.53. The molecule has 0 aliphatic carbocycles. The Balaban J connectivity index is 2.07. The van der Waals surface area contributed by atoms with Crippen molar-refractivity contribution in [2.45, 2.75) is 0 Å². The number of hydrazone groups is 1. The molecule has 2 rings (SSSR count). The van der Waals surface area contributed by atoms with Crippen LogP contribution < -0.4 is 15.9 Å². The fraction of sp³-hybridized carbons (Fsp3) is 0.0625. The van der Waals surface area contributed by atoms with Crippen LogP contribution in [0, 0.1) is 10.1 Å². The van der Waals surface area contributed by atoms with E-state index in [1.165, 1.54) is 42.6 Å². The summed E-state index contributed by atoms with van der Waals surface area (Å²) in [7, 11) is 0. The molecule has 2 aromatic carbocycles. The molecule has 10 heteroatoms. The zero-order valence-electron chi connectivity index (χ0n) is 13.2. The van der Waals surface area contributed by atoms with E-state index in [1.54, 1.807) is 6.07 Å². The molecule has 2 amide bonds. The number of hydrogen-bond donors (Lipinski definition) is 2. The minimum absolute atomic E-state index is 0.125. The van der Waals surface area contributed by atoms with Crippen LogP contribution in [-0.2, 0) is 4.79 Å². The molecule has 0 spiro atoms. The first-order valence-electron chi connectivity index (χ1n) is 7.15. The molecule has 9 nitrogen and oxygen atoms in total. The Hall–Kier alpha value is -3.46. The zero-order chi connectivity index (χ0) is 19.1. The highest BCUT2D eigenvalue weighted by atomic mass is 35.5. The normalized spacial score (nSPS) is 10.5. The highest BCUT2D eigenvalue weighted by Gasteiger charge is 2.09. The molecule has 0 radical (unpaired) electrons. The minimum Gasteiger partial charge on any atom is -0.483 e.